The van der Waals surface area contributed by atoms with Crippen LogP contribution in [0.4, 0.5) is 0 Å². The summed E-state index contributed by atoms with van der Waals surface area (Å²) in [6.07, 6.45) is 0.751. The zero-order valence-electron chi connectivity index (χ0n) is 11.4. The molecule has 3 aromatic rings. The minimum atomic E-state index is 0.502. The van der Waals surface area contributed by atoms with Crippen LogP contribution in [0.1, 0.15) is 18.3 Å². The number of halogens is 1. The van der Waals surface area contributed by atoms with Crippen molar-refractivity contribution >= 4 is 22.5 Å². The van der Waals surface area contributed by atoms with E-state index in [0.29, 0.717) is 5.15 Å². The number of rotatable bonds is 2. The molecule has 1 aromatic carbocycles. The van der Waals surface area contributed by atoms with Crippen molar-refractivity contribution in [1.82, 2.24) is 15.0 Å². The second-order valence-electron chi connectivity index (χ2n) is 4.65. The molecule has 0 fully saturated rings. The zero-order chi connectivity index (χ0) is 14.1. The fourth-order valence-electron chi connectivity index (χ4n) is 2.14. The Hall–Kier alpha value is -2.00. The van der Waals surface area contributed by atoms with E-state index in [1.165, 1.54) is 0 Å². The Balaban J connectivity index is 2.22. The molecule has 20 heavy (non-hydrogen) atoms. The second-order valence-corrected chi connectivity index (χ2v) is 5.01. The standard InChI is InChI=1S/C16H14ClN3/c1-3-14-19-15(10(2)16(17)20-14)13-9-8-11-6-4-5-7-12(11)18-13/h4-9H,3H2,1-2H3. The first-order chi connectivity index (χ1) is 9.69. The van der Waals surface area contributed by atoms with Crippen LogP contribution in [-0.2, 0) is 6.42 Å². The zero-order valence-corrected chi connectivity index (χ0v) is 12.1. The lowest BCUT2D eigenvalue weighted by Crippen LogP contribution is -2.00. The minimum absolute atomic E-state index is 0.502. The molecule has 0 aliphatic heterocycles. The monoisotopic (exact) mass is 283 g/mol. The highest BCUT2D eigenvalue weighted by Gasteiger charge is 2.12. The van der Waals surface area contributed by atoms with E-state index in [2.05, 4.69) is 21.0 Å². The Morgan fingerprint density at radius 2 is 1.80 bits per heavy atom. The topological polar surface area (TPSA) is 38.7 Å². The first kappa shape index (κ1) is 13.0. The number of hydrogen-bond acceptors (Lipinski definition) is 3. The number of pyridine rings is 1. The van der Waals surface area contributed by atoms with Crippen molar-refractivity contribution < 1.29 is 0 Å². The first-order valence-corrected chi connectivity index (χ1v) is 6.96. The number of nitrogens with zero attached hydrogens (tertiary/aromatic N) is 3. The third-order valence-electron chi connectivity index (χ3n) is 3.29. The average molecular weight is 284 g/mol. The van der Waals surface area contributed by atoms with E-state index in [-0.39, 0.29) is 0 Å². The molecule has 0 aliphatic carbocycles. The van der Waals surface area contributed by atoms with Crippen molar-refractivity contribution in [1.29, 1.82) is 0 Å². The highest BCUT2D eigenvalue weighted by Crippen LogP contribution is 2.26. The fourth-order valence-corrected chi connectivity index (χ4v) is 2.33. The van der Waals surface area contributed by atoms with Crippen molar-refractivity contribution in [3.8, 4) is 11.4 Å². The Bertz CT molecular complexity index is 784. The molecule has 2 aromatic heterocycles. The number of benzene rings is 1. The van der Waals surface area contributed by atoms with Crippen molar-refractivity contribution in [2.45, 2.75) is 20.3 Å². The van der Waals surface area contributed by atoms with Gasteiger partial charge < -0.3 is 0 Å². The van der Waals surface area contributed by atoms with Gasteiger partial charge in [0, 0.05) is 17.4 Å². The maximum absolute atomic E-state index is 6.19. The SMILES string of the molecule is CCc1nc(Cl)c(C)c(-c2ccc3ccccc3n2)n1. The smallest absolute Gasteiger partial charge is 0.136 e. The summed E-state index contributed by atoms with van der Waals surface area (Å²) < 4.78 is 0. The van der Waals surface area contributed by atoms with Crippen LogP contribution in [0.3, 0.4) is 0 Å². The van der Waals surface area contributed by atoms with E-state index in [9.17, 15) is 0 Å². The van der Waals surface area contributed by atoms with Crippen LogP contribution in [0, 0.1) is 6.92 Å². The van der Waals surface area contributed by atoms with Gasteiger partial charge in [-0.15, -0.1) is 0 Å². The Labute approximate surface area is 122 Å². The third-order valence-corrected chi connectivity index (χ3v) is 3.66. The highest BCUT2D eigenvalue weighted by atomic mass is 35.5. The van der Waals surface area contributed by atoms with E-state index < -0.39 is 0 Å². The van der Waals surface area contributed by atoms with E-state index in [0.717, 1.165) is 40.1 Å². The van der Waals surface area contributed by atoms with Gasteiger partial charge in [-0.1, -0.05) is 42.8 Å². The molecular formula is C16H14ClN3. The fraction of sp³-hybridized carbons (Fsp3) is 0.188. The molecule has 0 aliphatic rings. The van der Waals surface area contributed by atoms with Crippen molar-refractivity contribution in [2.75, 3.05) is 0 Å². The van der Waals surface area contributed by atoms with Crippen LogP contribution in [0.2, 0.25) is 5.15 Å². The summed E-state index contributed by atoms with van der Waals surface area (Å²) in [6.45, 7) is 3.94. The predicted molar refractivity (Wildman–Crippen MR) is 81.9 cm³/mol. The van der Waals surface area contributed by atoms with E-state index in [4.69, 9.17) is 11.6 Å². The molecule has 0 radical (unpaired) electrons. The molecule has 3 nitrogen and oxygen atoms in total. The lowest BCUT2D eigenvalue weighted by molar-refractivity contribution is 0.932. The normalized spacial score (nSPS) is 10.9. The van der Waals surface area contributed by atoms with Crippen molar-refractivity contribution in [2.24, 2.45) is 0 Å². The largest absolute Gasteiger partial charge is 0.246 e. The molecule has 0 atom stereocenters. The number of fused-ring (bicyclic) bond motifs is 1. The Morgan fingerprint density at radius 1 is 1.00 bits per heavy atom. The van der Waals surface area contributed by atoms with Crippen LogP contribution >= 0.6 is 11.6 Å². The summed E-state index contributed by atoms with van der Waals surface area (Å²) in [4.78, 5) is 13.5. The van der Waals surface area contributed by atoms with Crippen LogP contribution in [0.15, 0.2) is 36.4 Å². The van der Waals surface area contributed by atoms with Crippen LogP contribution < -0.4 is 0 Å². The molecule has 2 heterocycles. The van der Waals surface area contributed by atoms with E-state index in [1.807, 2.05) is 44.2 Å². The summed E-state index contributed by atoms with van der Waals surface area (Å²) in [5.41, 5.74) is 3.47. The quantitative estimate of drug-likeness (QED) is 0.661. The summed E-state index contributed by atoms with van der Waals surface area (Å²) in [6, 6.07) is 12.1. The second kappa shape index (κ2) is 5.17. The summed E-state index contributed by atoms with van der Waals surface area (Å²) in [5, 5.41) is 1.62. The molecule has 0 spiro atoms. The van der Waals surface area contributed by atoms with E-state index in [1.54, 1.807) is 0 Å². The van der Waals surface area contributed by atoms with Gasteiger partial charge >= 0.3 is 0 Å². The molecule has 0 saturated heterocycles. The molecule has 0 saturated carbocycles. The minimum Gasteiger partial charge on any atom is -0.246 e. The maximum Gasteiger partial charge on any atom is 0.136 e. The predicted octanol–water partition coefficient (Wildman–Crippen LogP) is 4.22. The maximum atomic E-state index is 6.19. The molecule has 0 amide bonds. The number of aromatic nitrogens is 3. The van der Waals surface area contributed by atoms with Gasteiger partial charge in [0.25, 0.3) is 0 Å². The van der Waals surface area contributed by atoms with Crippen LogP contribution in [0.25, 0.3) is 22.3 Å². The van der Waals surface area contributed by atoms with Gasteiger partial charge in [0.05, 0.1) is 16.9 Å². The lowest BCUT2D eigenvalue weighted by atomic mass is 10.1. The third kappa shape index (κ3) is 2.25. The molecule has 3 rings (SSSR count). The average Bonchev–Trinajstić information content (AvgIpc) is 2.49. The number of aryl methyl sites for hydroxylation is 1. The van der Waals surface area contributed by atoms with Gasteiger partial charge in [-0.3, -0.25) is 0 Å². The van der Waals surface area contributed by atoms with Crippen LogP contribution in [0.5, 0.6) is 0 Å². The van der Waals surface area contributed by atoms with E-state index >= 15 is 0 Å². The van der Waals surface area contributed by atoms with Crippen molar-refractivity contribution in [3.05, 3.63) is 52.9 Å². The van der Waals surface area contributed by atoms with Gasteiger partial charge in [-0.2, -0.15) is 0 Å². The summed E-state index contributed by atoms with van der Waals surface area (Å²) in [7, 11) is 0. The number of hydrogen-bond donors (Lipinski definition) is 0. The highest BCUT2D eigenvalue weighted by molar-refractivity contribution is 6.30. The molecule has 0 bridgehead atoms. The molecule has 0 N–H and O–H groups in total. The van der Waals surface area contributed by atoms with Gasteiger partial charge in [-0.25, -0.2) is 15.0 Å². The van der Waals surface area contributed by atoms with Gasteiger partial charge in [0.1, 0.15) is 11.0 Å². The molecular weight excluding hydrogens is 270 g/mol. The van der Waals surface area contributed by atoms with Crippen molar-refractivity contribution in [3.63, 3.8) is 0 Å². The molecule has 4 heteroatoms. The Morgan fingerprint density at radius 3 is 2.60 bits per heavy atom. The Kier molecular flexibility index (Phi) is 3.36. The summed E-state index contributed by atoms with van der Waals surface area (Å²) >= 11 is 6.19. The first-order valence-electron chi connectivity index (χ1n) is 6.58. The van der Waals surface area contributed by atoms with Gasteiger partial charge in [0.2, 0.25) is 0 Å². The number of para-hydroxylation sites is 1. The molecule has 0 unspecified atom stereocenters. The van der Waals surface area contributed by atoms with Gasteiger partial charge in [-0.05, 0) is 19.1 Å². The lowest BCUT2D eigenvalue weighted by Gasteiger charge is -2.08. The summed E-state index contributed by atoms with van der Waals surface area (Å²) in [5.74, 6) is 0.741. The van der Waals surface area contributed by atoms with Gasteiger partial charge in [0.15, 0.2) is 0 Å². The molecule has 100 valence electrons. The van der Waals surface area contributed by atoms with Crippen LogP contribution in [-0.4, -0.2) is 15.0 Å².